The maximum absolute atomic E-state index is 6.18. The third kappa shape index (κ3) is 3.84. The Labute approximate surface area is 191 Å². The third-order valence-electron chi connectivity index (χ3n) is 5.78. The highest BCUT2D eigenvalue weighted by atomic mass is 35.5. The van der Waals surface area contributed by atoms with Crippen LogP contribution in [-0.4, -0.2) is 40.8 Å². The molecule has 0 atom stereocenters. The van der Waals surface area contributed by atoms with Gasteiger partial charge in [-0.25, -0.2) is 4.98 Å². The highest BCUT2D eigenvalue weighted by molar-refractivity contribution is 6.31. The number of hydrogen-bond acceptors (Lipinski definition) is 4. The van der Waals surface area contributed by atoms with Gasteiger partial charge < -0.3 is 9.80 Å². The molecule has 7 heteroatoms. The van der Waals surface area contributed by atoms with E-state index in [0.29, 0.717) is 0 Å². The highest BCUT2D eigenvalue weighted by Crippen LogP contribution is 2.31. The van der Waals surface area contributed by atoms with Gasteiger partial charge in [0.25, 0.3) is 0 Å². The Morgan fingerprint density at radius 2 is 1.52 bits per heavy atom. The SMILES string of the molecule is Cc1cc(N2CCN(c3cccc(Cl)c3)CC2)n2nc(C)c(-c3ccc(Cl)cc3)c2n1. The molecule has 3 heterocycles. The molecule has 5 nitrogen and oxygen atoms in total. The van der Waals surface area contributed by atoms with E-state index in [4.69, 9.17) is 33.3 Å². The van der Waals surface area contributed by atoms with Gasteiger partial charge in [0.1, 0.15) is 5.82 Å². The van der Waals surface area contributed by atoms with Crippen molar-refractivity contribution in [3.05, 3.63) is 76.0 Å². The van der Waals surface area contributed by atoms with E-state index in [2.05, 4.69) is 21.9 Å². The lowest BCUT2D eigenvalue weighted by Crippen LogP contribution is -2.47. The summed E-state index contributed by atoms with van der Waals surface area (Å²) in [6, 6.07) is 18.1. The summed E-state index contributed by atoms with van der Waals surface area (Å²) in [4.78, 5) is 9.60. The van der Waals surface area contributed by atoms with Crippen LogP contribution in [0.5, 0.6) is 0 Å². The number of nitrogens with zero attached hydrogens (tertiary/aromatic N) is 5. The Morgan fingerprint density at radius 3 is 2.23 bits per heavy atom. The fraction of sp³-hybridized carbons (Fsp3) is 0.250. The molecule has 1 aliphatic heterocycles. The fourth-order valence-electron chi connectivity index (χ4n) is 4.27. The molecular formula is C24H23Cl2N5. The van der Waals surface area contributed by atoms with Crippen LogP contribution < -0.4 is 9.80 Å². The summed E-state index contributed by atoms with van der Waals surface area (Å²) >= 11 is 12.3. The van der Waals surface area contributed by atoms with Gasteiger partial charge in [0, 0.05) is 59.2 Å². The number of aryl methyl sites for hydroxylation is 2. The topological polar surface area (TPSA) is 36.7 Å². The third-order valence-corrected chi connectivity index (χ3v) is 6.27. The number of rotatable bonds is 3. The maximum Gasteiger partial charge on any atom is 0.165 e. The molecule has 1 aliphatic rings. The van der Waals surface area contributed by atoms with Crippen molar-refractivity contribution in [1.82, 2.24) is 14.6 Å². The van der Waals surface area contributed by atoms with Gasteiger partial charge in [-0.1, -0.05) is 41.4 Å². The molecule has 0 spiro atoms. The summed E-state index contributed by atoms with van der Waals surface area (Å²) in [6.07, 6.45) is 0. The van der Waals surface area contributed by atoms with Gasteiger partial charge in [0.2, 0.25) is 0 Å². The van der Waals surface area contributed by atoms with E-state index in [1.54, 1.807) is 0 Å². The number of piperazine rings is 1. The quantitative estimate of drug-likeness (QED) is 0.403. The van der Waals surface area contributed by atoms with Crippen LogP contribution in [0.25, 0.3) is 16.8 Å². The standard InChI is InChI=1S/C24H23Cl2N5/c1-16-14-22(30-12-10-29(11-13-30)21-5-3-4-20(26)15-21)31-24(27-16)23(17(2)28-31)18-6-8-19(25)9-7-18/h3-9,14-15H,10-13H2,1-2H3. The molecule has 31 heavy (non-hydrogen) atoms. The zero-order valence-electron chi connectivity index (χ0n) is 17.5. The van der Waals surface area contributed by atoms with E-state index >= 15 is 0 Å². The number of benzene rings is 2. The first kappa shape index (κ1) is 20.2. The summed E-state index contributed by atoms with van der Waals surface area (Å²) in [7, 11) is 0. The number of halogens is 2. The normalized spacial score (nSPS) is 14.5. The number of anilines is 2. The van der Waals surface area contributed by atoms with Crippen LogP contribution in [0.2, 0.25) is 10.0 Å². The Balaban J connectivity index is 1.48. The van der Waals surface area contributed by atoms with Crippen molar-refractivity contribution in [3.63, 3.8) is 0 Å². The molecule has 0 radical (unpaired) electrons. The lowest BCUT2D eigenvalue weighted by molar-refractivity contribution is 0.638. The molecule has 0 N–H and O–H groups in total. The van der Waals surface area contributed by atoms with Crippen LogP contribution in [-0.2, 0) is 0 Å². The fourth-order valence-corrected chi connectivity index (χ4v) is 4.58. The number of fused-ring (bicyclic) bond motifs is 1. The highest BCUT2D eigenvalue weighted by Gasteiger charge is 2.23. The second kappa shape index (κ2) is 8.06. The van der Waals surface area contributed by atoms with E-state index in [9.17, 15) is 0 Å². The Morgan fingerprint density at radius 1 is 0.806 bits per heavy atom. The molecule has 5 rings (SSSR count). The van der Waals surface area contributed by atoms with Crippen molar-refractivity contribution in [2.24, 2.45) is 0 Å². The number of aromatic nitrogens is 3. The summed E-state index contributed by atoms with van der Waals surface area (Å²) < 4.78 is 1.99. The average Bonchev–Trinajstić information content (AvgIpc) is 3.09. The number of hydrogen-bond donors (Lipinski definition) is 0. The molecule has 4 aromatic rings. The van der Waals surface area contributed by atoms with E-state index in [1.807, 2.05) is 60.8 Å². The van der Waals surface area contributed by atoms with Crippen molar-refractivity contribution in [2.45, 2.75) is 13.8 Å². The smallest absolute Gasteiger partial charge is 0.165 e. The van der Waals surface area contributed by atoms with Gasteiger partial charge in [-0.15, -0.1) is 0 Å². The van der Waals surface area contributed by atoms with Gasteiger partial charge in [-0.3, -0.25) is 0 Å². The van der Waals surface area contributed by atoms with E-state index < -0.39 is 0 Å². The minimum Gasteiger partial charge on any atom is -0.368 e. The maximum atomic E-state index is 6.18. The van der Waals surface area contributed by atoms with Crippen molar-refractivity contribution in [2.75, 3.05) is 36.0 Å². The van der Waals surface area contributed by atoms with Crippen LogP contribution in [0.4, 0.5) is 11.5 Å². The Hall–Kier alpha value is -2.76. The first-order valence-electron chi connectivity index (χ1n) is 10.4. The van der Waals surface area contributed by atoms with E-state index in [1.165, 1.54) is 5.69 Å². The summed E-state index contributed by atoms with van der Waals surface area (Å²) in [5.74, 6) is 1.08. The van der Waals surface area contributed by atoms with Gasteiger partial charge in [0.05, 0.1) is 5.69 Å². The Kier molecular flexibility index (Phi) is 5.24. The first-order chi connectivity index (χ1) is 15.0. The molecule has 0 bridgehead atoms. The minimum absolute atomic E-state index is 0.722. The molecule has 158 valence electrons. The zero-order valence-corrected chi connectivity index (χ0v) is 19.0. The lowest BCUT2D eigenvalue weighted by atomic mass is 10.1. The monoisotopic (exact) mass is 451 g/mol. The molecule has 2 aromatic carbocycles. The molecular weight excluding hydrogens is 429 g/mol. The van der Waals surface area contributed by atoms with Crippen LogP contribution in [0.3, 0.4) is 0 Å². The molecule has 2 aromatic heterocycles. The van der Waals surface area contributed by atoms with Crippen molar-refractivity contribution >= 4 is 40.4 Å². The van der Waals surface area contributed by atoms with Gasteiger partial charge in [-0.05, 0) is 49.7 Å². The molecule has 0 aliphatic carbocycles. The van der Waals surface area contributed by atoms with Gasteiger partial charge in [0.15, 0.2) is 5.65 Å². The van der Waals surface area contributed by atoms with E-state index in [-0.39, 0.29) is 0 Å². The van der Waals surface area contributed by atoms with Crippen LogP contribution in [0.1, 0.15) is 11.4 Å². The van der Waals surface area contributed by atoms with Crippen LogP contribution in [0.15, 0.2) is 54.6 Å². The largest absolute Gasteiger partial charge is 0.368 e. The van der Waals surface area contributed by atoms with Crippen LogP contribution >= 0.6 is 23.2 Å². The predicted octanol–water partition coefficient (Wildman–Crippen LogP) is 5.65. The van der Waals surface area contributed by atoms with Crippen molar-refractivity contribution in [3.8, 4) is 11.1 Å². The summed E-state index contributed by atoms with van der Waals surface area (Å²) in [5, 5.41) is 6.36. The van der Waals surface area contributed by atoms with Gasteiger partial charge in [-0.2, -0.15) is 9.61 Å². The molecule has 0 amide bonds. The molecule has 1 fully saturated rings. The predicted molar refractivity (Wildman–Crippen MR) is 129 cm³/mol. The second-order valence-corrected chi connectivity index (χ2v) is 8.79. The average molecular weight is 452 g/mol. The Bertz CT molecular complexity index is 1240. The van der Waals surface area contributed by atoms with Gasteiger partial charge >= 0.3 is 0 Å². The van der Waals surface area contributed by atoms with E-state index in [0.717, 1.165) is 70.2 Å². The minimum atomic E-state index is 0.722. The molecule has 0 saturated carbocycles. The van der Waals surface area contributed by atoms with Crippen molar-refractivity contribution < 1.29 is 0 Å². The second-order valence-electron chi connectivity index (χ2n) is 7.91. The first-order valence-corrected chi connectivity index (χ1v) is 11.1. The summed E-state index contributed by atoms with van der Waals surface area (Å²) in [5.41, 5.74) is 6.12. The lowest BCUT2D eigenvalue weighted by Gasteiger charge is -2.37. The summed E-state index contributed by atoms with van der Waals surface area (Å²) in [6.45, 7) is 7.73. The zero-order chi connectivity index (χ0) is 21.5. The van der Waals surface area contributed by atoms with Crippen molar-refractivity contribution in [1.29, 1.82) is 0 Å². The molecule has 0 unspecified atom stereocenters. The van der Waals surface area contributed by atoms with Crippen LogP contribution in [0, 0.1) is 13.8 Å². The molecule has 1 saturated heterocycles.